The summed E-state index contributed by atoms with van der Waals surface area (Å²) in [6, 6.07) is 8.33. The summed E-state index contributed by atoms with van der Waals surface area (Å²) in [6.45, 7) is 6.15. The van der Waals surface area contributed by atoms with Gasteiger partial charge in [-0.1, -0.05) is 26.0 Å². The third-order valence-electron chi connectivity index (χ3n) is 2.93. The zero-order valence-corrected chi connectivity index (χ0v) is 10.8. The van der Waals surface area contributed by atoms with Gasteiger partial charge in [-0.05, 0) is 18.6 Å². The summed E-state index contributed by atoms with van der Waals surface area (Å²) < 4.78 is 7.44. The van der Waals surface area contributed by atoms with Crippen LogP contribution in [0.25, 0.3) is 11.0 Å². The summed E-state index contributed by atoms with van der Waals surface area (Å²) in [5.74, 6) is 1.62. The number of aromatic nitrogens is 2. The Hall–Kier alpha value is -1.35. The highest BCUT2D eigenvalue weighted by Crippen LogP contribution is 2.21. The lowest BCUT2D eigenvalue weighted by atomic mass is 10.2. The highest BCUT2D eigenvalue weighted by molar-refractivity contribution is 5.76. The molecule has 0 radical (unpaired) electrons. The summed E-state index contributed by atoms with van der Waals surface area (Å²) >= 11 is 0. The number of nitrogens with zero attached hydrogens (tertiary/aromatic N) is 2. The largest absolute Gasteiger partial charge is 0.385 e. The Kier molecular flexibility index (Phi) is 3.79. The number of hydrogen-bond acceptors (Lipinski definition) is 2. The van der Waals surface area contributed by atoms with Crippen molar-refractivity contribution < 1.29 is 4.74 Å². The van der Waals surface area contributed by atoms with E-state index in [4.69, 9.17) is 9.72 Å². The van der Waals surface area contributed by atoms with Crippen molar-refractivity contribution in [2.45, 2.75) is 32.7 Å². The van der Waals surface area contributed by atoms with Crippen LogP contribution in [-0.4, -0.2) is 23.3 Å². The van der Waals surface area contributed by atoms with Gasteiger partial charge in [0.2, 0.25) is 0 Å². The second-order valence-electron chi connectivity index (χ2n) is 4.61. The molecule has 3 heteroatoms. The quantitative estimate of drug-likeness (QED) is 0.740. The molecule has 2 rings (SSSR count). The van der Waals surface area contributed by atoms with E-state index in [2.05, 4.69) is 36.6 Å². The maximum Gasteiger partial charge on any atom is 0.112 e. The number of ether oxygens (including phenoxy) is 1. The molecule has 0 aliphatic carbocycles. The Bertz CT molecular complexity index is 488. The average molecular weight is 232 g/mol. The number of imidazole rings is 1. The summed E-state index contributed by atoms with van der Waals surface area (Å²) in [7, 11) is 1.75. The SMILES string of the molecule is COCCCn1c(C(C)C)nc2ccccc21. The molecule has 2 aromatic rings. The predicted molar refractivity (Wildman–Crippen MR) is 70.3 cm³/mol. The van der Waals surface area contributed by atoms with Crippen molar-refractivity contribution in [3.8, 4) is 0 Å². The minimum atomic E-state index is 0.449. The molecule has 3 nitrogen and oxygen atoms in total. The third-order valence-corrected chi connectivity index (χ3v) is 2.93. The Balaban J connectivity index is 2.37. The molecular weight excluding hydrogens is 212 g/mol. The van der Waals surface area contributed by atoms with Crippen LogP contribution in [0, 0.1) is 0 Å². The van der Waals surface area contributed by atoms with Gasteiger partial charge in [-0.3, -0.25) is 0 Å². The Morgan fingerprint density at radius 3 is 2.76 bits per heavy atom. The first-order valence-corrected chi connectivity index (χ1v) is 6.18. The molecular formula is C14H20N2O. The number of rotatable bonds is 5. The third kappa shape index (κ3) is 2.50. The first-order chi connectivity index (χ1) is 8.24. The molecule has 0 fully saturated rings. The Labute approximate surface area is 102 Å². The number of fused-ring (bicyclic) bond motifs is 1. The molecule has 0 aliphatic heterocycles. The predicted octanol–water partition coefficient (Wildman–Crippen LogP) is 3.20. The lowest BCUT2D eigenvalue weighted by molar-refractivity contribution is 0.190. The van der Waals surface area contributed by atoms with Gasteiger partial charge in [-0.2, -0.15) is 0 Å². The Morgan fingerprint density at radius 2 is 2.06 bits per heavy atom. The summed E-state index contributed by atoms with van der Waals surface area (Å²) in [5.41, 5.74) is 2.32. The molecule has 0 unspecified atom stereocenters. The molecule has 0 aliphatic rings. The van der Waals surface area contributed by atoms with Crippen LogP contribution in [0.3, 0.4) is 0 Å². The van der Waals surface area contributed by atoms with Gasteiger partial charge in [0.1, 0.15) is 5.82 Å². The van der Waals surface area contributed by atoms with Crippen molar-refractivity contribution >= 4 is 11.0 Å². The molecule has 1 aromatic carbocycles. The molecule has 1 aromatic heterocycles. The molecule has 0 saturated carbocycles. The van der Waals surface area contributed by atoms with Crippen LogP contribution in [-0.2, 0) is 11.3 Å². The highest BCUT2D eigenvalue weighted by Gasteiger charge is 2.12. The summed E-state index contributed by atoms with van der Waals surface area (Å²) in [6.07, 6.45) is 1.02. The van der Waals surface area contributed by atoms with E-state index in [-0.39, 0.29) is 0 Å². The van der Waals surface area contributed by atoms with Gasteiger partial charge in [0.05, 0.1) is 11.0 Å². The first-order valence-electron chi connectivity index (χ1n) is 6.18. The van der Waals surface area contributed by atoms with Gasteiger partial charge in [-0.25, -0.2) is 4.98 Å². The van der Waals surface area contributed by atoms with Gasteiger partial charge in [0, 0.05) is 26.2 Å². The number of para-hydroxylation sites is 2. The summed E-state index contributed by atoms with van der Waals surface area (Å²) in [5, 5.41) is 0. The van der Waals surface area contributed by atoms with Crippen molar-refractivity contribution in [2.24, 2.45) is 0 Å². The highest BCUT2D eigenvalue weighted by atomic mass is 16.5. The van der Waals surface area contributed by atoms with Crippen LogP contribution in [0.2, 0.25) is 0 Å². The maximum atomic E-state index is 5.12. The van der Waals surface area contributed by atoms with Crippen LogP contribution in [0.4, 0.5) is 0 Å². The second kappa shape index (κ2) is 5.32. The van der Waals surface area contributed by atoms with E-state index in [1.165, 1.54) is 11.3 Å². The maximum absolute atomic E-state index is 5.12. The van der Waals surface area contributed by atoms with E-state index in [0.717, 1.165) is 25.1 Å². The van der Waals surface area contributed by atoms with Gasteiger partial charge >= 0.3 is 0 Å². The number of hydrogen-bond donors (Lipinski definition) is 0. The minimum absolute atomic E-state index is 0.449. The minimum Gasteiger partial charge on any atom is -0.385 e. The average Bonchev–Trinajstić information content (AvgIpc) is 2.69. The van der Waals surface area contributed by atoms with Crippen molar-refractivity contribution in [3.05, 3.63) is 30.1 Å². The second-order valence-corrected chi connectivity index (χ2v) is 4.61. The van der Waals surface area contributed by atoms with E-state index >= 15 is 0 Å². The fourth-order valence-corrected chi connectivity index (χ4v) is 2.14. The fraction of sp³-hybridized carbons (Fsp3) is 0.500. The normalized spacial score (nSPS) is 11.5. The molecule has 0 N–H and O–H groups in total. The summed E-state index contributed by atoms with van der Waals surface area (Å²) in [4.78, 5) is 4.71. The van der Waals surface area contributed by atoms with Crippen LogP contribution in [0.5, 0.6) is 0 Å². The van der Waals surface area contributed by atoms with Crippen molar-refractivity contribution in [3.63, 3.8) is 0 Å². The van der Waals surface area contributed by atoms with Crippen LogP contribution < -0.4 is 0 Å². The zero-order chi connectivity index (χ0) is 12.3. The molecule has 0 bridgehead atoms. The molecule has 17 heavy (non-hydrogen) atoms. The van der Waals surface area contributed by atoms with Crippen LogP contribution in [0.1, 0.15) is 32.0 Å². The fourth-order valence-electron chi connectivity index (χ4n) is 2.14. The molecule has 0 atom stereocenters. The van der Waals surface area contributed by atoms with Crippen molar-refractivity contribution in [2.75, 3.05) is 13.7 Å². The number of methoxy groups -OCH3 is 1. The van der Waals surface area contributed by atoms with Crippen molar-refractivity contribution in [1.29, 1.82) is 0 Å². The van der Waals surface area contributed by atoms with E-state index in [9.17, 15) is 0 Å². The van der Waals surface area contributed by atoms with Gasteiger partial charge in [0.25, 0.3) is 0 Å². The number of benzene rings is 1. The van der Waals surface area contributed by atoms with E-state index in [1.54, 1.807) is 7.11 Å². The smallest absolute Gasteiger partial charge is 0.112 e. The molecule has 1 heterocycles. The number of aryl methyl sites for hydroxylation is 1. The first kappa shape index (κ1) is 12.1. The molecule has 0 amide bonds. The lowest BCUT2D eigenvalue weighted by Crippen LogP contribution is -2.07. The van der Waals surface area contributed by atoms with E-state index in [1.807, 2.05) is 6.07 Å². The van der Waals surface area contributed by atoms with E-state index in [0.29, 0.717) is 5.92 Å². The van der Waals surface area contributed by atoms with Crippen LogP contribution >= 0.6 is 0 Å². The molecule has 0 spiro atoms. The van der Waals surface area contributed by atoms with Gasteiger partial charge < -0.3 is 9.30 Å². The van der Waals surface area contributed by atoms with Crippen LogP contribution in [0.15, 0.2) is 24.3 Å². The van der Waals surface area contributed by atoms with Crippen molar-refractivity contribution in [1.82, 2.24) is 9.55 Å². The van der Waals surface area contributed by atoms with Gasteiger partial charge in [-0.15, -0.1) is 0 Å². The lowest BCUT2D eigenvalue weighted by Gasteiger charge is -2.10. The monoisotopic (exact) mass is 232 g/mol. The topological polar surface area (TPSA) is 27.1 Å². The van der Waals surface area contributed by atoms with Gasteiger partial charge in [0.15, 0.2) is 0 Å². The standard InChI is InChI=1S/C14H20N2O/c1-11(2)14-15-12-7-4-5-8-13(12)16(14)9-6-10-17-3/h4-5,7-8,11H,6,9-10H2,1-3H3. The molecule has 0 saturated heterocycles. The van der Waals surface area contributed by atoms with E-state index < -0.39 is 0 Å². The zero-order valence-electron chi connectivity index (χ0n) is 10.8. The molecule has 92 valence electrons. The Morgan fingerprint density at radius 1 is 1.29 bits per heavy atom.